The summed E-state index contributed by atoms with van der Waals surface area (Å²) in [6.45, 7) is 1.39. The third-order valence-electron chi connectivity index (χ3n) is 5.09. The van der Waals surface area contributed by atoms with Crippen molar-refractivity contribution in [2.24, 2.45) is 0 Å². The standard InChI is InChI=1S/C21H11F3N2O6/c1-7-3-2-4-8(26(31)32)18(7)25-19-16(23)14-13(15(22)17(19)24)20(29)11-9(27)5-6-10(28)12(11)21(14)30/h2-6,25,27-28H,1H3. The van der Waals surface area contributed by atoms with Gasteiger partial charge in [-0.15, -0.1) is 0 Å². The molecule has 162 valence electrons. The summed E-state index contributed by atoms with van der Waals surface area (Å²) < 4.78 is 45.1. The van der Waals surface area contributed by atoms with Crippen LogP contribution in [0.5, 0.6) is 11.5 Å². The van der Waals surface area contributed by atoms with E-state index in [0.717, 1.165) is 18.2 Å². The molecule has 4 rings (SSSR count). The Labute approximate surface area is 176 Å². The molecule has 3 aromatic carbocycles. The molecule has 11 heteroatoms. The minimum Gasteiger partial charge on any atom is -0.507 e. The van der Waals surface area contributed by atoms with Crippen LogP contribution in [0.1, 0.15) is 37.4 Å². The van der Waals surface area contributed by atoms with Crippen LogP contribution in [-0.4, -0.2) is 26.7 Å². The number of nitrogens with one attached hydrogen (secondary N) is 1. The first-order chi connectivity index (χ1) is 15.1. The second kappa shape index (κ2) is 7.08. The number of phenols is 2. The molecule has 8 nitrogen and oxygen atoms in total. The lowest BCUT2D eigenvalue weighted by molar-refractivity contribution is -0.384. The van der Waals surface area contributed by atoms with Crippen LogP contribution in [0, 0.1) is 34.5 Å². The summed E-state index contributed by atoms with van der Waals surface area (Å²) in [7, 11) is 0. The lowest BCUT2D eigenvalue weighted by atomic mass is 9.82. The average molecular weight is 444 g/mol. The molecule has 0 aliphatic heterocycles. The van der Waals surface area contributed by atoms with Gasteiger partial charge in [-0.1, -0.05) is 12.1 Å². The molecule has 32 heavy (non-hydrogen) atoms. The van der Waals surface area contributed by atoms with Crippen molar-refractivity contribution in [3.05, 3.63) is 85.7 Å². The average Bonchev–Trinajstić information content (AvgIpc) is 2.74. The molecule has 1 aliphatic rings. The van der Waals surface area contributed by atoms with Crippen molar-refractivity contribution >= 4 is 28.6 Å². The first-order valence-corrected chi connectivity index (χ1v) is 8.92. The molecule has 0 atom stereocenters. The topological polar surface area (TPSA) is 130 Å². The fourth-order valence-corrected chi connectivity index (χ4v) is 3.58. The van der Waals surface area contributed by atoms with Crippen LogP contribution in [0.4, 0.5) is 30.2 Å². The number of carbonyl (C=O) groups excluding carboxylic acids is 2. The lowest BCUT2D eigenvalue weighted by Crippen LogP contribution is -2.26. The van der Waals surface area contributed by atoms with Gasteiger partial charge in [0.15, 0.2) is 17.5 Å². The number of nitro groups is 1. The number of hydrogen-bond acceptors (Lipinski definition) is 7. The summed E-state index contributed by atoms with van der Waals surface area (Å²) in [6, 6.07) is 5.50. The van der Waals surface area contributed by atoms with E-state index in [9.17, 15) is 38.7 Å². The maximum Gasteiger partial charge on any atom is 0.292 e. The van der Waals surface area contributed by atoms with E-state index in [2.05, 4.69) is 5.32 Å². The van der Waals surface area contributed by atoms with Crippen molar-refractivity contribution < 1.29 is 37.9 Å². The molecule has 3 N–H and O–H groups in total. The van der Waals surface area contributed by atoms with E-state index in [1.165, 1.54) is 19.1 Å². The number of nitrogens with zero attached hydrogens (tertiary/aromatic N) is 1. The van der Waals surface area contributed by atoms with Crippen molar-refractivity contribution in [1.29, 1.82) is 0 Å². The zero-order valence-electron chi connectivity index (χ0n) is 16.0. The third kappa shape index (κ3) is 2.78. The quantitative estimate of drug-likeness (QED) is 0.186. The van der Waals surface area contributed by atoms with Crippen molar-refractivity contribution in [3.8, 4) is 11.5 Å². The molecular weight excluding hydrogens is 433 g/mol. The highest BCUT2D eigenvalue weighted by Crippen LogP contribution is 2.43. The first kappa shape index (κ1) is 20.8. The summed E-state index contributed by atoms with van der Waals surface area (Å²) >= 11 is 0. The van der Waals surface area contributed by atoms with Crippen LogP contribution in [0.3, 0.4) is 0 Å². The maximum atomic E-state index is 15.3. The van der Waals surface area contributed by atoms with Gasteiger partial charge in [-0.25, -0.2) is 13.2 Å². The van der Waals surface area contributed by atoms with Crippen LogP contribution in [0.15, 0.2) is 30.3 Å². The molecule has 0 saturated heterocycles. The van der Waals surface area contributed by atoms with Crippen molar-refractivity contribution in [2.75, 3.05) is 5.32 Å². The molecule has 0 unspecified atom stereocenters. The van der Waals surface area contributed by atoms with Crippen LogP contribution in [0.25, 0.3) is 0 Å². The van der Waals surface area contributed by atoms with Crippen molar-refractivity contribution in [2.45, 2.75) is 6.92 Å². The van der Waals surface area contributed by atoms with Gasteiger partial charge in [-0.2, -0.15) is 0 Å². The van der Waals surface area contributed by atoms with Crippen molar-refractivity contribution in [1.82, 2.24) is 0 Å². The van der Waals surface area contributed by atoms with Gasteiger partial charge in [-0.3, -0.25) is 19.7 Å². The van der Waals surface area contributed by atoms with Gasteiger partial charge < -0.3 is 15.5 Å². The number of aromatic hydroxyl groups is 2. The number of aryl methyl sites for hydroxylation is 1. The highest BCUT2D eigenvalue weighted by molar-refractivity contribution is 6.30. The Hall–Kier alpha value is -4.41. The van der Waals surface area contributed by atoms with Crippen LogP contribution < -0.4 is 5.32 Å². The van der Waals surface area contributed by atoms with E-state index in [1.807, 2.05) is 0 Å². The first-order valence-electron chi connectivity index (χ1n) is 8.92. The smallest absolute Gasteiger partial charge is 0.292 e. The van der Waals surface area contributed by atoms with E-state index in [0.29, 0.717) is 0 Å². The van der Waals surface area contributed by atoms with Gasteiger partial charge in [-0.05, 0) is 24.6 Å². The number of halogens is 3. The number of rotatable bonds is 3. The molecule has 0 amide bonds. The number of phenolic OH excluding ortho intramolecular Hbond substituents is 2. The fourth-order valence-electron chi connectivity index (χ4n) is 3.58. The Balaban J connectivity index is 2.00. The molecule has 0 heterocycles. The van der Waals surface area contributed by atoms with Crippen LogP contribution in [-0.2, 0) is 0 Å². The molecular formula is C21H11F3N2O6. The Morgan fingerprint density at radius 1 is 0.812 bits per heavy atom. The molecule has 0 spiro atoms. The molecule has 0 saturated carbocycles. The van der Waals surface area contributed by atoms with Gasteiger partial charge in [0, 0.05) is 6.07 Å². The number of fused-ring (bicyclic) bond motifs is 2. The van der Waals surface area contributed by atoms with Gasteiger partial charge >= 0.3 is 0 Å². The SMILES string of the molecule is Cc1cccc([N+](=O)[O-])c1Nc1c(F)c(F)c2c(c1F)C(=O)c1c(O)ccc(O)c1C2=O. The van der Waals surface area contributed by atoms with E-state index < -0.39 is 79.1 Å². The van der Waals surface area contributed by atoms with Gasteiger partial charge in [0.1, 0.15) is 22.9 Å². The zero-order chi connectivity index (χ0) is 23.5. The van der Waals surface area contributed by atoms with Gasteiger partial charge in [0.25, 0.3) is 5.69 Å². The van der Waals surface area contributed by atoms with E-state index in [-0.39, 0.29) is 11.3 Å². The predicted octanol–water partition coefficient (Wildman–Crippen LogP) is 4.25. The number of ketones is 2. The largest absolute Gasteiger partial charge is 0.507 e. The lowest BCUT2D eigenvalue weighted by Gasteiger charge is -2.22. The molecule has 0 radical (unpaired) electrons. The number of anilines is 2. The van der Waals surface area contributed by atoms with E-state index in [1.54, 1.807) is 0 Å². The zero-order valence-corrected chi connectivity index (χ0v) is 16.0. The number of hydrogen-bond donors (Lipinski definition) is 3. The highest BCUT2D eigenvalue weighted by atomic mass is 19.2. The van der Waals surface area contributed by atoms with Gasteiger partial charge in [0.05, 0.1) is 27.2 Å². The Morgan fingerprint density at radius 2 is 1.34 bits per heavy atom. The number of nitro benzene ring substituents is 1. The molecule has 3 aromatic rings. The Kier molecular flexibility index (Phi) is 4.61. The second-order valence-corrected chi connectivity index (χ2v) is 6.93. The normalized spacial score (nSPS) is 12.4. The summed E-state index contributed by atoms with van der Waals surface area (Å²) in [4.78, 5) is 36.0. The maximum absolute atomic E-state index is 15.3. The van der Waals surface area contributed by atoms with Crippen molar-refractivity contribution in [3.63, 3.8) is 0 Å². The number of benzene rings is 3. The molecule has 0 fully saturated rings. The minimum absolute atomic E-state index is 0.187. The third-order valence-corrected chi connectivity index (χ3v) is 5.09. The minimum atomic E-state index is -1.90. The van der Waals surface area contributed by atoms with Gasteiger partial charge in [0.2, 0.25) is 11.6 Å². The van der Waals surface area contributed by atoms with Crippen LogP contribution >= 0.6 is 0 Å². The Bertz CT molecular complexity index is 1390. The molecule has 1 aliphatic carbocycles. The number of para-hydroxylation sites is 1. The summed E-state index contributed by atoms with van der Waals surface area (Å²) in [5.74, 6) is -9.85. The van der Waals surface area contributed by atoms with E-state index >= 15 is 4.39 Å². The monoisotopic (exact) mass is 444 g/mol. The second-order valence-electron chi connectivity index (χ2n) is 6.93. The Morgan fingerprint density at radius 3 is 1.88 bits per heavy atom. The number of carbonyl (C=O) groups is 2. The highest BCUT2D eigenvalue weighted by Gasteiger charge is 2.41. The molecule has 0 bridgehead atoms. The van der Waals surface area contributed by atoms with E-state index in [4.69, 9.17) is 0 Å². The summed E-state index contributed by atoms with van der Waals surface area (Å²) in [5.41, 5.74) is -5.99. The fraction of sp³-hybridized carbons (Fsp3) is 0.0476. The van der Waals surface area contributed by atoms with Crippen LogP contribution in [0.2, 0.25) is 0 Å². The summed E-state index contributed by atoms with van der Waals surface area (Å²) in [5, 5.41) is 33.3. The summed E-state index contributed by atoms with van der Waals surface area (Å²) in [6.07, 6.45) is 0. The molecule has 0 aromatic heterocycles. The predicted molar refractivity (Wildman–Crippen MR) is 104 cm³/mol.